The first-order chi connectivity index (χ1) is 17.4. The van der Waals surface area contributed by atoms with Crippen LogP contribution in [-0.4, -0.2) is 28.9 Å². The molecule has 0 unspecified atom stereocenters. The zero-order valence-corrected chi connectivity index (χ0v) is 21.3. The predicted octanol–water partition coefficient (Wildman–Crippen LogP) is 6.89. The Balaban J connectivity index is 1.39. The van der Waals surface area contributed by atoms with E-state index in [-0.39, 0.29) is 18.0 Å². The Kier molecular flexibility index (Phi) is 6.87. The molecule has 2 aliphatic rings. The quantitative estimate of drug-likeness (QED) is 0.348. The number of hydrogen-bond acceptors (Lipinski definition) is 5. The second-order valence-electron chi connectivity index (χ2n) is 7.88. The third-order valence-corrected chi connectivity index (χ3v) is 7.13. The molecule has 0 fully saturated rings. The van der Waals surface area contributed by atoms with E-state index in [1.54, 1.807) is 48.4 Å². The first-order valence-corrected chi connectivity index (χ1v) is 12.5. The minimum Gasteiger partial charge on any atom is -0.493 e. The maximum absolute atomic E-state index is 12.8. The van der Waals surface area contributed by atoms with Gasteiger partial charge in [-0.15, -0.1) is 0 Å². The number of amidine groups is 2. The standard InChI is InChI=1S/C27H19Cl2N3O3S/c1-34-24-13-16(8-10-23(24)35-14-17-7-9-20(28)21(29)12-17)11-19-25(30)32-22(18-5-3-2-4-6-18)15-36-27(32)31-26(19)33/h2-13,15,30H,14H2,1H3. The van der Waals surface area contributed by atoms with E-state index in [0.29, 0.717) is 32.3 Å². The number of carbonyl (C=O) groups excluding carboxylic acids is 1. The molecule has 2 heterocycles. The fourth-order valence-corrected chi connectivity index (χ4v) is 4.97. The molecule has 6 nitrogen and oxygen atoms in total. The number of rotatable bonds is 6. The maximum atomic E-state index is 12.8. The highest BCUT2D eigenvalue weighted by Gasteiger charge is 2.36. The number of ether oxygens (including phenoxy) is 2. The molecule has 5 rings (SSSR count). The average molecular weight is 536 g/mol. The van der Waals surface area contributed by atoms with Gasteiger partial charge in [-0.3, -0.25) is 15.1 Å². The largest absolute Gasteiger partial charge is 0.493 e. The topological polar surface area (TPSA) is 75.0 Å². The lowest BCUT2D eigenvalue weighted by atomic mass is 10.1. The van der Waals surface area contributed by atoms with E-state index in [2.05, 4.69) is 4.99 Å². The number of hydrogen-bond donors (Lipinski definition) is 1. The molecule has 36 heavy (non-hydrogen) atoms. The SMILES string of the molecule is COc1cc(C=C2C(=N)N3C(c4ccccc4)=CSC3=NC2=O)ccc1OCc1ccc(Cl)c(Cl)c1. The van der Waals surface area contributed by atoms with Crippen molar-refractivity contribution in [2.24, 2.45) is 4.99 Å². The molecule has 0 aliphatic carbocycles. The van der Waals surface area contributed by atoms with Crippen molar-refractivity contribution in [2.45, 2.75) is 6.61 Å². The van der Waals surface area contributed by atoms with Gasteiger partial charge < -0.3 is 9.47 Å². The van der Waals surface area contributed by atoms with Crippen molar-refractivity contribution in [2.75, 3.05) is 7.11 Å². The second-order valence-corrected chi connectivity index (χ2v) is 9.53. The molecule has 0 saturated carbocycles. The predicted molar refractivity (Wildman–Crippen MR) is 146 cm³/mol. The molecule has 0 atom stereocenters. The molecule has 3 aromatic rings. The van der Waals surface area contributed by atoms with E-state index in [9.17, 15) is 4.79 Å². The number of carbonyl (C=O) groups is 1. The minimum atomic E-state index is -0.458. The van der Waals surface area contributed by atoms with Gasteiger partial charge in [-0.2, -0.15) is 4.99 Å². The van der Waals surface area contributed by atoms with E-state index in [1.165, 1.54) is 11.8 Å². The number of fused-ring (bicyclic) bond motifs is 1. The average Bonchev–Trinajstić information content (AvgIpc) is 3.32. The summed E-state index contributed by atoms with van der Waals surface area (Å²) >= 11 is 13.4. The van der Waals surface area contributed by atoms with Crippen LogP contribution in [0.25, 0.3) is 11.8 Å². The van der Waals surface area contributed by atoms with E-state index in [1.807, 2.05) is 41.8 Å². The highest BCUT2D eigenvalue weighted by Crippen LogP contribution is 2.38. The molecule has 9 heteroatoms. The molecule has 0 bridgehead atoms. The van der Waals surface area contributed by atoms with Gasteiger partial charge in [0, 0.05) is 5.41 Å². The number of amides is 1. The number of nitrogens with one attached hydrogen (secondary N) is 1. The first kappa shape index (κ1) is 24.2. The second kappa shape index (κ2) is 10.2. The molecule has 180 valence electrons. The Morgan fingerprint density at radius 3 is 2.58 bits per heavy atom. The molecule has 2 aliphatic heterocycles. The molecular weight excluding hydrogens is 517 g/mol. The Labute approximate surface area is 222 Å². The maximum Gasteiger partial charge on any atom is 0.283 e. The van der Waals surface area contributed by atoms with E-state index in [4.69, 9.17) is 38.1 Å². The molecule has 0 spiro atoms. The Bertz CT molecular complexity index is 1470. The molecule has 0 aromatic heterocycles. The lowest BCUT2D eigenvalue weighted by Crippen LogP contribution is -2.38. The summed E-state index contributed by atoms with van der Waals surface area (Å²) in [6.07, 6.45) is 1.64. The Morgan fingerprint density at radius 1 is 1.03 bits per heavy atom. The van der Waals surface area contributed by atoms with Crippen LogP contribution in [0.4, 0.5) is 0 Å². The van der Waals surface area contributed by atoms with Crippen LogP contribution in [0, 0.1) is 5.41 Å². The summed E-state index contributed by atoms with van der Waals surface area (Å²) in [6.45, 7) is 0.273. The third-order valence-electron chi connectivity index (χ3n) is 5.56. The van der Waals surface area contributed by atoms with E-state index >= 15 is 0 Å². The van der Waals surface area contributed by atoms with Crippen molar-refractivity contribution in [1.29, 1.82) is 5.41 Å². The lowest BCUT2D eigenvalue weighted by Gasteiger charge is -2.27. The van der Waals surface area contributed by atoms with Gasteiger partial charge in [0.25, 0.3) is 5.91 Å². The summed E-state index contributed by atoms with van der Waals surface area (Å²) in [5.41, 5.74) is 3.48. The molecule has 1 N–H and O–H groups in total. The van der Waals surface area contributed by atoms with Gasteiger partial charge in [0.15, 0.2) is 16.7 Å². The van der Waals surface area contributed by atoms with Crippen molar-refractivity contribution < 1.29 is 14.3 Å². The summed E-state index contributed by atoms with van der Waals surface area (Å²) in [4.78, 5) is 18.7. The summed E-state index contributed by atoms with van der Waals surface area (Å²) in [5, 5.41) is 12.1. The number of halogens is 2. The van der Waals surface area contributed by atoms with Gasteiger partial charge in [0.05, 0.1) is 28.4 Å². The normalized spacial score (nSPS) is 16.1. The monoisotopic (exact) mass is 535 g/mol. The van der Waals surface area contributed by atoms with Crippen molar-refractivity contribution in [1.82, 2.24) is 4.90 Å². The zero-order chi connectivity index (χ0) is 25.2. The first-order valence-electron chi connectivity index (χ1n) is 10.9. The number of methoxy groups -OCH3 is 1. The third kappa shape index (κ3) is 4.78. The molecular formula is C27H19Cl2N3O3S. The smallest absolute Gasteiger partial charge is 0.283 e. The van der Waals surface area contributed by atoms with E-state index in [0.717, 1.165) is 16.8 Å². The van der Waals surface area contributed by atoms with Crippen LogP contribution in [0.1, 0.15) is 16.7 Å². The van der Waals surface area contributed by atoms with Crippen LogP contribution in [-0.2, 0) is 11.4 Å². The fourth-order valence-electron chi connectivity index (χ4n) is 3.76. The van der Waals surface area contributed by atoms with Crippen LogP contribution in [0.3, 0.4) is 0 Å². The van der Waals surface area contributed by atoms with Crippen molar-refractivity contribution >= 4 is 63.6 Å². The number of benzene rings is 3. The molecule has 1 amide bonds. The minimum absolute atomic E-state index is 0.0732. The van der Waals surface area contributed by atoms with Crippen LogP contribution < -0.4 is 9.47 Å². The fraction of sp³-hybridized carbons (Fsp3) is 0.0741. The number of thioether (sulfide) groups is 1. The highest BCUT2D eigenvalue weighted by atomic mass is 35.5. The molecule has 3 aromatic carbocycles. The Morgan fingerprint density at radius 2 is 1.83 bits per heavy atom. The van der Waals surface area contributed by atoms with Gasteiger partial charge >= 0.3 is 0 Å². The summed E-state index contributed by atoms with van der Waals surface area (Å²) in [5.74, 6) is 0.635. The van der Waals surface area contributed by atoms with Crippen molar-refractivity contribution in [3.63, 3.8) is 0 Å². The van der Waals surface area contributed by atoms with Crippen LogP contribution in [0.2, 0.25) is 10.0 Å². The zero-order valence-electron chi connectivity index (χ0n) is 19.0. The van der Waals surface area contributed by atoms with Gasteiger partial charge in [0.2, 0.25) is 0 Å². The number of aliphatic imine (C=N–C) groups is 1. The molecule has 0 radical (unpaired) electrons. The van der Waals surface area contributed by atoms with Crippen molar-refractivity contribution in [3.05, 3.63) is 104 Å². The van der Waals surface area contributed by atoms with Crippen LogP contribution in [0.5, 0.6) is 11.5 Å². The van der Waals surface area contributed by atoms with E-state index < -0.39 is 5.91 Å². The van der Waals surface area contributed by atoms with Crippen LogP contribution >= 0.6 is 35.0 Å². The highest BCUT2D eigenvalue weighted by molar-refractivity contribution is 8.17. The van der Waals surface area contributed by atoms with Gasteiger partial charge in [-0.25, -0.2) is 0 Å². The van der Waals surface area contributed by atoms with Crippen LogP contribution in [0.15, 0.2) is 82.7 Å². The summed E-state index contributed by atoms with van der Waals surface area (Å²) < 4.78 is 11.4. The summed E-state index contributed by atoms with van der Waals surface area (Å²) in [6, 6.07) is 20.3. The van der Waals surface area contributed by atoms with Gasteiger partial charge in [0.1, 0.15) is 12.4 Å². The van der Waals surface area contributed by atoms with Crippen molar-refractivity contribution in [3.8, 4) is 11.5 Å². The van der Waals surface area contributed by atoms with Gasteiger partial charge in [-0.1, -0.05) is 77.4 Å². The summed E-state index contributed by atoms with van der Waals surface area (Å²) in [7, 11) is 1.54. The number of nitrogens with zero attached hydrogens (tertiary/aromatic N) is 2. The lowest BCUT2D eigenvalue weighted by molar-refractivity contribution is -0.114. The van der Waals surface area contributed by atoms with Gasteiger partial charge in [-0.05, 0) is 47.0 Å². The molecule has 0 saturated heterocycles. The Hall–Kier alpha value is -3.52.